The summed E-state index contributed by atoms with van der Waals surface area (Å²) in [7, 11) is 2.93. The van der Waals surface area contributed by atoms with Crippen molar-refractivity contribution < 1.29 is 19.0 Å². The third-order valence-corrected chi connectivity index (χ3v) is 5.11. The summed E-state index contributed by atoms with van der Waals surface area (Å²) in [6.07, 6.45) is 0.780. The number of fused-ring (bicyclic) bond motifs is 1. The maximum atomic E-state index is 12.5. The fourth-order valence-electron chi connectivity index (χ4n) is 3.59. The number of ether oxygens (including phenoxy) is 3. The number of carbonyl (C=O) groups is 1. The third kappa shape index (κ3) is 4.07. The van der Waals surface area contributed by atoms with E-state index in [1.165, 1.54) is 12.7 Å². The highest BCUT2D eigenvalue weighted by atomic mass is 16.5. The zero-order chi connectivity index (χ0) is 21.8. The van der Waals surface area contributed by atoms with Crippen LogP contribution in [0.5, 0.6) is 11.5 Å². The number of nitrogens with one attached hydrogen (secondary N) is 1. The largest absolute Gasteiger partial charge is 0.493 e. The van der Waals surface area contributed by atoms with E-state index >= 15 is 0 Å². The number of carbonyl (C=O) groups excluding carboxylic acids is 1. The molecule has 0 fully saturated rings. The van der Waals surface area contributed by atoms with Gasteiger partial charge in [0.15, 0.2) is 11.5 Å². The van der Waals surface area contributed by atoms with Crippen molar-refractivity contribution in [1.82, 2.24) is 20.2 Å². The van der Waals surface area contributed by atoms with Gasteiger partial charge in [-0.3, -0.25) is 0 Å². The zero-order valence-electron chi connectivity index (χ0n) is 17.5. The number of hydrogen-bond donors (Lipinski definition) is 1. The molecule has 0 radical (unpaired) electrons. The molecule has 1 unspecified atom stereocenters. The van der Waals surface area contributed by atoms with Crippen molar-refractivity contribution >= 4 is 11.9 Å². The Morgan fingerprint density at radius 1 is 1.13 bits per heavy atom. The molecule has 3 aromatic rings. The lowest BCUT2D eigenvalue weighted by molar-refractivity contribution is -0.136. The standard InChI is InChI=1S/C22H23N5O4/c1-14-19(21(28)30-3)20(27-22(23-14)24-25-26-27)16-9-10-17(18(13-16)29-2)31-12-11-15-7-5-4-6-8-15/h4-10,13,20H,11-12H2,1-3H3,(H,23,24,26). The van der Waals surface area contributed by atoms with E-state index in [0.29, 0.717) is 35.3 Å². The Kier molecular flexibility index (Phi) is 5.83. The minimum absolute atomic E-state index is 0.419. The molecule has 4 rings (SSSR count). The minimum atomic E-state index is -0.564. The summed E-state index contributed by atoms with van der Waals surface area (Å²) < 4.78 is 18.1. The number of rotatable bonds is 7. The Bertz CT molecular complexity index is 1110. The van der Waals surface area contributed by atoms with Crippen molar-refractivity contribution in [2.45, 2.75) is 19.4 Å². The molecular formula is C22H23N5O4. The van der Waals surface area contributed by atoms with E-state index in [1.807, 2.05) is 36.4 Å². The maximum absolute atomic E-state index is 12.5. The molecule has 0 spiro atoms. The monoisotopic (exact) mass is 421 g/mol. The lowest BCUT2D eigenvalue weighted by Crippen LogP contribution is -2.29. The summed E-state index contributed by atoms with van der Waals surface area (Å²) in [6.45, 7) is 2.30. The molecule has 2 aromatic carbocycles. The molecule has 0 saturated heterocycles. The van der Waals surface area contributed by atoms with Gasteiger partial charge in [0.05, 0.1) is 26.4 Å². The Balaban J connectivity index is 1.62. The number of nitrogens with zero attached hydrogens (tertiary/aromatic N) is 4. The summed E-state index contributed by atoms with van der Waals surface area (Å²) in [5.41, 5.74) is 3.01. The predicted octanol–water partition coefficient (Wildman–Crippen LogP) is 2.77. The van der Waals surface area contributed by atoms with Crippen LogP contribution in [0.2, 0.25) is 0 Å². The molecule has 160 valence electrons. The first kappa shape index (κ1) is 20.4. The van der Waals surface area contributed by atoms with Crippen LogP contribution in [0.25, 0.3) is 0 Å². The number of benzene rings is 2. The van der Waals surface area contributed by atoms with E-state index in [2.05, 4.69) is 33.0 Å². The highest BCUT2D eigenvalue weighted by molar-refractivity contribution is 5.92. The molecule has 1 atom stereocenters. The molecule has 1 aromatic heterocycles. The number of esters is 1. The van der Waals surface area contributed by atoms with Crippen molar-refractivity contribution in [3.63, 3.8) is 0 Å². The molecule has 1 aliphatic heterocycles. The normalized spacial score (nSPS) is 15.1. The Labute approximate surface area is 179 Å². The fourth-order valence-corrected chi connectivity index (χ4v) is 3.59. The van der Waals surface area contributed by atoms with Gasteiger partial charge in [-0.25, -0.2) is 4.79 Å². The average Bonchev–Trinajstić information content (AvgIpc) is 3.26. The molecule has 9 heteroatoms. The second-order valence-corrected chi connectivity index (χ2v) is 7.00. The summed E-state index contributed by atoms with van der Waals surface area (Å²) in [5, 5.41) is 14.8. The Morgan fingerprint density at radius 2 is 1.94 bits per heavy atom. The van der Waals surface area contributed by atoms with Crippen molar-refractivity contribution in [2.24, 2.45) is 0 Å². The lowest BCUT2D eigenvalue weighted by Gasteiger charge is -2.27. The van der Waals surface area contributed by atoms with Crippen LogP contribution in [-0.2, 0) is 16.0 Å². The van der Waals surface area contributed by atoms with Gasteiger partial charge in [-0.1, -0.05) is 41.5 Å². The highest BCUT2D eigenvalue weighted by Crippen LogP contribution is 2.38. The molecular weight excluding hydrogens is 398 g/mol. The number of hydrogen-bond acceptors (Lipinski definition) is 8. The molecule has 1 N–H and O–H groups in total. The molecule has 0 aliphatic carbocycles. The third-order valence-electron chi connectivity index (χ3n) is 5.11. The maximum Gasteiger partial charge on any atom is 0.338 e. The van der Waals surface area contributed by atoms with Gasteiger partial charge in [0.1, 0.15) is 6.04 Å². The van der Waals surface area contributed by atoms with Gasteiger partial charge in [-0.05, 0) is 40.6 Å². The Hall–Kier alpha value is -3.88. The van der Waals surface area contributed by atoms with E-state index in [9.17, 15) is 4.79 Å². The van der Waals surface area contributed by atoms with Gasteiger partial charge < -0.3 is 19.5 Å². The number of methoxy groups -OCH3 is 2. The smallest absolute Gasteiger partial charge is 0.338 e. The first-order chi connectivity index (χ1) is 15.1. The molecule has 2 heterocycles. The molecule has 1 aliphatic rings. The van der Waals surface area contributed by atoms with Gasteiger partial charge in [0, 0.05) is 12.1 Å². The molecule has 0 amide bonds. The Morgan fingerprint density at radius 3 is 2.68 bits per heavy atom. The topological polar surface area (TPSA) is 100 Å². The summed E-state index contributed by atoms with van der Waals surface area (Å²) in [5.74, 6) is 1.16. The van der Waals surface area contributed by atoms with Crippen LogP contribution in [0, 0.1) is 0 Å². The second-order valence-electron chi connectivity index (χ2n) is 7.00. The first-order valence-corrected chi connectivity index (χ1v) is 9.81. The second kappa shape index (κ2) is 8.86. The first-order valence-electron chi connectivity index (χ1n) is 9.81. The van der Waals surface area contributed by atoms with Crippen LogP contribution in [0.15, 0.2) is 59.8 Å². The van der Waals surface area contributed by atoms with Gasteiger partial charge in [-0.15, -0.1) is 0 Å². The SMILES string of the molecule is COC(=O)C1=C(C)Nc2nnnn2C1c1ccc(OCCc2ccccc2)c(OC)c1. The zero-order valence-corrected chi connectivity index (χ0v) is 17.5. The van der Waals surface area contributed by atoms with Crippen LogP contribution >= 0.6 is 0 Å². The van der Waals surface area contributed by atoms with E-state index < -0.39 is 12.0 Å². The molecule has 0 bridgehead atoms. The van der Waals surface area contributed by atoms with Crippen LogP contribution < -0.4 is 14.8 Å². The van der Waals surface area contributed by atoms with Crippen molar-refractivity contribution in [3.05, 3.63) is 70.9 Å². The number of tetrazole rings is 1. The summed E-state index contributed by atoms with van der Waals surface area (Å²) in [4.78, 5) is 12.5. The fraction of sp³-hybridized carbons (Fsp3) is 0.273. The molecule has 0 saturated carbocycles. The summed E-state index contributed by atoms with van der Waals surface area (Å²) >= 11 is 0. The average molecular weight is 421 g/mol. The van der Waals surface area contributed by atoms with Crippen LogP contribution in [0.3, 0.4) is 0 Å². The predicted molar refractivity (Wildman–Crippen MR) is 113 cm³/mol. The van der Waals surface area contributed by atoms with E-state index in [0.717, 1.165) is 12.0 Å². The number of anilines is 1. The molecule has 31 heavy (non-hydrogen) atoms. The van der Waals surface area contributed by atoms with Crippen LogP contribution in [-0.4, -0.2) is 47.0 Å². The van der Waals surface area contributed by atoms with Crippen molar-refractivity contribution in [1.29, 1.82) is 0 Å². The minimum Gasteiger partial charge on any atom is -0.493 e. The van der Waals surface area contributed by atoms with Gasteiger partial charge in [-0.2, -0.15) is 4.68 Å². The number of allylic oxidation sites excluding steroid dienone is 1. The van der Waals surface area contributed by atoms with Crippen LogP contribution in [0.4, 0.5) is 5.95 Å². The number of aromatic nitrogens is 4. The van der Waals surface area contributed by atoms with Crippen LogP contribution in [0.1, 0.15) is 24.1 Å². The van der Waals surface area contributed by atoms with Gasteiger partial charge in [0.25, 0.3) is 0 Å². The highest BCUT2D eigenvalue weighted by Gasteiger charge is 2.35. The van der Waals surface area contributed by atoms with E-state index in [1.54, 1.807) is 18.7 Å². The van der Waals surface area contributed by atoms with Crippen molar-refractivity contribution in [3.8, 4) is 11.5 Å². The van der Waals surface area contributed by atoms with E-state index in [-0.39, 0.29) is 0 Å². The van der Waals surface area contributed by atoms with Gasteiger partial charge >= 0.3 is 5.97 Å². The van der Waals surface area contributed by atoms with Crippen molar-refractivity contribution in [2.75, 3.05) is 26.1 Å². The van der Waals surface area contributed by atoms with E-state index in [4.69, 9.17) is 14.2 Å². The summed E-state index contributed by atoms with van der Waals surface area (Å²) in [6, 6.07) is 15.1. The van der Waals surface area contributed by atoms with Gasteiger partial charge in [0.2, 0.25) is 5.95 Å². The molecule has 9 nitrogen and oxygen atoms in total. The quantitative estimate of drug-likeness (QED) is 0.581. The lowest BCUT2D eigenvalue weighted by atomic mass is 9.95.